The van der Waals surface area contributed by atoms with Crippen molar-refractivity contribution in [2.24, 2.45) is 0 Å². The summed E-state index contributed by atoms with van der Waals surface area (Å²) in [4.78, 5) is 24.3. The summed E-state index contributed by atoms with van der Waals surface area (Å²) in [6, 6.07) is 9.09. The number of amides is 1. The van der Waals surface area contributed by atoms with E-state index in [0.29, 0.717) is 18.7 Å². The van der Waals surface area contributed by atoms with Crippen LogP contribution in [-0.2, 0) is 14.6 Å². The van der Waals surface area contributed by atoms with Crippen molar-refractivity contribution in [2.45, 2.75) is 24.7 Å². The lowest BCUT2D eigenvalue weighted by Gasteiger charge is -2.19. The Kier molecular flexibility index (Phi) is 4.88. The SMILES string of the molecule is Cc1cc(Nc2ccc(S(C)(=O)=O)cc2[N+](=O)[O-])ccc1N1CCCC1=O. The average Bonchev–Trinajstić information content (AvgIpc) is 3.00. The van der Waals surface area contributed by atoms with Crippen molar-refractivity contribution in [1.29, 1.82) is 0 Å². The number of anilines is 3. The molecule has 1 aliphatic heterocycles. The van der Waals surface area contributed by atoms with Crippen LogP contribution in [0.25, 0.3) is 0 Å². The van der Waals surface area contributed by atoms with Crippen molar-refractivity contribution in [3.63, 3.8) is 0 Å². The Morgan fingerprint density at radius 1 is 1.19 bits per heavy atom. The molecule has 0 spiro atoms. The zero-order chi connectivity index (χ0) is 19.8. The lowest BCUT2D eigenvalue weighted by Crippen LogP contribution is -2.24. The first-order valence-electron chi connectivity index (χ1n) is 8.33. The minimum atomic E-state index is -3.55. The van der Waals surface area contributed by atoms with Crippen molar-refractivity contribution >= 4 is 38.5 Å². The van der Waals surface area contributed by atoms with Crippen LogP contribution in [-0.4, -0.2) is 32.0 Å². The van der Waals surface area contributed by atoms with Gasteiger partial charge < -0.3 is 10.2 Å². The summed E-state index contributed by atoms with van der Waals surface area (Å²) < 4.78 is 23.3. The second kappa shape index (κ2) is 6.99. The molecular formula is C18H19N3O5S. The molecule has 0 aromatic heterocycles. The van der Waals surface area contributed by atoms with Crippen molar-refractivity contribution in [2.75, 3.05) is 23.0 Å². The highest BCUT2D eigenvalue weighted by Gasteiger charge is 2.23. The molecule has 0 unspecified atom stereocenters. The molecule has 1 fully saturated rings. The Balaban J connectivity index is 1.92. The summed E-state index contributed by atoms with van der Waals surface area (Å²) in [7, 11) is -3.55. The molecule has 27 heavy (non-hydrogen) atoms. The molecule has 0 aliphatic carbocycles. The smallest absolute Gasteiger partial charge is 0.293 e. The van der Waals surface area contributed by atoms with Gasteiger partial charge in [0.05, 0.1) is 9.82 Å². The molecular weight excluding hydrogens is 370 g/mol. The first kappa shape index (κ1) is 18.8. The maximum absolute atomic E-state index is 11.9. The Morgan fingerprint density at radius 2 is 1.93 bits per heavy atom. The van der Waals surface area contributed by atoms with Gasteiger partial charge in [-0.2, -0.15) is 0 Å². The molecule has 1 amide bonds. The third-order valence-electron chi connectivity index (χ3n) is 4.43. The summed E-state index contributed by atoms with van der Waals surface area (Å²) in [6.07, 6.45) is 2.37. The molecule has 1 aliphatic rings. The second-order valence-electron chi connectivity index (χ2n) is 6.48. The summed E-state index contributed by atoms with van der Waals surface area (Å²) in [6.45, 7) is 2.55. The fourth-order valence-electron chi connectivity index (χ4n) is 3.09. The molecule has 142 valence electrons. The van der Waals surface area contributed by atoms with Gasteiger partial charge in [0.2, 0.25) is 5.91 Å². The number of aryl methyl sites for hydroxylation is 1. The van der Waals surface area contributed by atoms with Crippen LogP contribution in [0.15, 0.2) is 41.3 Å². The number of hydrogen-bond donors (Lipinski definition) is 1. The number of sulfone groups is 1. The number of nitro groups is 1. The molecule has 8 nitrogen and oxygen atoms in total. The van der Waals surface area contributed by atoms with Crippen molar-refractivity contribution < 1.29 is 18.1 Å². The first-order chi connectivity index (χ1) is 12.7. The molecule has 0 bridgehead atoms. The fraction of sp³-hybridized carbons (Fsp3) is 0.278. The number of nitrogens with zero attached hydrogens (tertiary/aromatic N) is 2. The van der Waals surface area contributed by atoms with Gasteiger partial charge in [-0.15, -0.1) is 0 Å². The van der Waals surface area contributed by atoms with E-state index in [2.05, 4.69) is 5.32 Å². The van der Waals surface area contributed by atoms with E-state index in [1.54, 1.807) is 23.1 Å². The number of benzene rings is 2. The van der Waals surface area contributed by atoms with Gasteiger partial charge in [0.1, 0.15) is 5.69 Å². The number of carbonyl (C=O) groups excluding carboxylic acids is 1. The van der Waals surface area contributed by atoms with Crippen LogP contribution in [0.1, 0.15) is 18.4 Å². The molecule has 1 saturated heterocycles. The van der Waals surface area contributed by atoms with Gasteiger partial charge in [0, 0.05) is 36.7 Å². The van der Waals surface area contributed by atoms with E-state index in [9.17, 15) is 23.3 Å². The van der Waals surface area contributed by atoms with Gasteiger partial charge >= 0.3 is 0 Å². The van der Waals surface area contributed by atoms with E-state index in [1.165, 1.54) is 12.1 Å². The predicted octanol–water partition coefficient (Wildman–Crippen LogP) is 3.18. The molecule has 1 N–H and O–H groups in total. The standard InChI is InChI=1S/C18H19N3O5S/c1-12-10-13(5-8-16(12)20-9-3-4-18(20)22)19-15-7-6-14(27(2,25)26)11-17(15)21(23)24/h5-8,10-11,19H,3-4,9H2,1-2H3. The Labute approximate surface area is 156 Å². The van der Waals surface area contributed by atoms with Gasteiger partial charge in [-0.05, 0) is 49.2 Å². The van der Waals surface area contributed by atoms with Crippen molar-refractivity contribution in [3.8, 4) is 0 Å². The minimum absolute atomic E-state index is 0.0887. The van der Waals surface area contributed by atoms with Crippen LogP contribution in [0.3, 0.4) is 0 Å². The Morgan fingerprint density at radius 3 is 2.48 bits per heavy atom. The van der Waals surface area contributed by atoms with Gasteiger partial charge in [0.25, 0.3) is 5.69 Å². The van der Waals surface area contributed by atoms with Crippen molar-refractivity contribution in [1.82, 2.24) is 0 Å². The van der Waals surface area contributed by atoms with Crippen LogP contribution in [0.2, 0.25) is 0 Å². The van der Waals surface area contributed by atoms with Gasteiger partial charge in [-0.1, -0.05) is 0 Å². The molecule has 0 saturated carbocycles. The molecule has 2 aromatic carbocycles. The number of rotatable bonds is 5. The highest BCUT2D eigenvalue weighted by Crippen LogP contribution is 2.32. The van der Waals surface area contributed by atoms with Crippen LogP contribution < -0.4 is 10.2 Å². The third-order valence-corrected chi connectivity index (χ3v) is 5.54. The number of nitrogens with one attached hydrogen (secondary N) is 1. The molecule has 3 rings (SSSR count). The van der Waals surface area contributed by atoms with E-state index < -0.39 is 14.8 Å². The van der Waals surface area contributed by atoms with E-state index in [4.69, 9.17) is 0 Å². The quantitative estimate of drug-likeness (QED) is 0.621. The van der Waals surface area contributed by atoms with Gasteiger partial charge in [-0.3, -0.25) is 14.9 Å². The molecule has 9 heteroatoms. The Hall–Kier alpha value is -2.94. The third kappa shape index (κ3) is 3.92. The van der Waals surface area contributed by atoms with E-state index in [-0.39, 0.29) is 22.2 Å². The maximum Gasteiger partial charge on any atom is 0.293 e. The Bertz CT molecular complexity index is 1030. The van der Waals surface area contributed by atoms with Crippen LogP contribution in [0.4, 0.5) is 22.7 Å². The van der Waals surface area contributed by atoms with Crippen LogP contribution >= 0.6 is 0 Å². The van der Waals surface area contributed by atoms with Crippen LogP contribution in [0.5, 0.6) is 0 Å². The molecule has 0 atom stereocenters. The van der Waals surface area contributed by atoms with Gasteiger partial charge in [0.15, 0.2) is 9.84 Å². The summed E-state index contributed by atoms with van der Waals surface area (Å²) in [5.41, 5.74) is 2.17. The number of nitro benzene ring substituents is 1. The maximum atomic E-state index is 11.9. The number of carbonyl (C=O) groups is 1. The highest BCUT2D eigenvalue weighted by atomic mass is 32.2. The predicted molar refractivity (Wildman–Crippen MR) is 102 cm³/mol. The summed E-state index contributed by atoms with van der Waals surface area (Å²) >= 11 is 0. The van der Waals surface area contributed by atoms with Gasteiger partial charge in [-0.25, -0.2) is 8.42 Å². The molecule has 0 radical (unpaired) electrons. The van der Waals surface area contributed by atoms with Crippen LogP contribution in [0, 0.1) is 17.0 Å². The summed E-state index contributed by atoms with van der Waals surface area (Å²) in [5.74, 6) is 0.0887. The monoisotopic (exact) mass is 389 g/mol. The zero-order valence-corrected chi connectivity index (χ0v) is 15.7. The zero-order valence-electron chi connectivity index (χ0n) is 14.9. The van der Waals surface area contributed by atoms with E-state index >= 15 is 0 Å². The fourth-order valence-corrected chi connectivity index (χ4v) is 3.73. The highest BCUT2D eigenvalue weighted by molar-refractivity contribution is 7.90. The molecule has 1 heterocycles. The molecule has 2 aromatic rings. The van der Waals surface area contributed by atoms with E-state index in [0.717, 1.165) is 30.0 Å². The first-order valence-corrected chi connectivity index (χ1v) is 10.2. The lowest BCUT2D eigenvalue weighted by molar-refractivity contribution is -0.384. The van der Waals surface area contributed by atoms with E-state index in [1.807, 2.05) is 6.92 Å². The lowest BCUT2D eigenvalue weighted by atomic mass is 10.1. The number of hydrogen-bond acceptors (Lipinski definition) is 6. The topological polar surface area (TPSA) is 110 Å². The summed E-state index contributed by atoms with van der Waals surface area (Å²) in [5, 5.41) is 14.3. The van der Waals surface area contributed by atoms with Crippen molar-refractivity contribution in [3.05, 3.63) is 52.1 Å². The largest absolute Gasteiger partial charge is 0.350 e. The minimum Gasteiger partial charge on any atom is -0.350 e. The average molecular weight is 389 g/mol. The second-order valence-corrected chi connectivity index (χ2v) is 8.50. The normalized spacial score (nSPS) is 14.4.